The van der Waals surface area contributed by atoms with Crippen molar-refractivity contribution in [3.8, 4) is 22.1 Å². The first-order valence-corrected chi connectivity index (χ1v) is 10.7. The molecule has 0 amide bonds. The van der Waals surface area contributed by atoms with E-state index in [1.54, 1.807) is 18.2 Å². The number of rotatable bonds is 8. The zero-order chi connectivity index (χ0) is 20.1. The van der Waals surface area contributed by atoms with Crippen molar-refractivity contribution in [2.24, 2.45) is 0 Å². The van der Waals surface area contributed by atoms with Crippen LogP contribution in [0.25, 0.3) is 10.6 Å². The molecule has 0 aliphatic carbocycles. The third kappa shape index (κ3) is 4.67. The average Bonchev–Trinajstić information content (AvgIpc) is 3.16. The van der Waals surface area contributed by atoms with Crippen LogP contribution in [-0.4, -0.2) is 34.2 Å². The number of thiazole rings is 1. The van der Waals surface area contributed by atoms with E-state index in [-0.39, 0.29) is 23.0 Å². The van der Waals surface area contributed by atoms with E-state index in [1.165, 1.54) is 49.8 Å². The SMILES string of the molecule is COc1ccc(S(=O)(=O)NCCc2csc(-c3cccc(F)c3)n2)c(OC)c1. The maximum absolute atomic E-state index is 13.3. The lowest BCUT2D eigenvalue weighted by Gasteiger charge is -2.11. The molecular weight excluding hydrogens is 403 g/mol. The molecule has 1 heterocycles. The number of benzene rings is 2. The lowest BCUT2D eigenvalue weighted by Crippen LogP contribution is -2.26. The molecule has 0 unspecified atom stereocenters. The first-order valence-electron chi connectivity index (χ1n) is 8.35. The molecule has 28 heavy (non-hydrogen) atoms. The number of nitrogens with zero attached hydrogens (tertiary/aromatic N) is 1. The van der Waals surface area contributed by atoms with E-state index in [9.17, 15) is 12.8 Å². The fourth-order valence-electron chi connectivity index (χ4n) is 2.56. The van der Waals surface area contributed by atoms with Gasteiger partial charge in [-0.15, -0.1) is 11.3 Å². The van der Waals surface area contributed by atoms with Crippen LogP contribution < -0.4 is 14.2 Å². The average molecular weight is 423 g/mol. The van der Waals surface area contributed by atoms with Crippen LogP contribution in [0.15, 0.2) is 52.7 Å². The number of hydrogen-bond donors (Lipinski definition) is 1. The Bertz CT molecular complexity index is 1070. The van der Waals surface area contributed by atoms with E-state index < -0.39 is 10.0 Å². The van der Waals surface area contributed by atoms with Gasteiger partial charge < -0.3 is 9.47 Å². The highest BCUT2D eigenvalue weighted by atomic mass is 32.2. The Hall–Kier alpha value is -2.49. The molecule has 0 radical (unpaired) electrons. The quantitative estimate of drug-likeness (QED) is 0.601. The second-order valence-electron chi connectivity index (χ2n) is 5.82. The Morgan fingerprint density at radius 2 is 1.96 bits per heavy atom. The smallest absolute Gasteiger partial charge is 0.244 e. The number of methoxy groups -OCH3 is 2. The Kier molecular flexibility index (Phi) is 6.28. The van der Waals surface area contributed by atoms with Crippen molar-refractivity contribution >= 4 is 21.4 Å². The summed E-state index contributed by atoms with van der Waals surface area (Å²) in [5, 5.41) is 2.52. The molecule has 0 saturated heterocycles. The lowest BCUT2D eigenvalue weighted by atomic mass is 10.2. The lowest BCUT2D eigenvalue weighted by molar-refractivity contribution is 0.386. The third-order valence-corrected chi connectivity index (χ3v) is 6.40. The molecule has 0 atom stereocenters. The van der Waals surface area contributed by atoms with Crippen molar-refractivity contribution in [3.63, 3.8) is 0 Å². The Balaban J connectivity index is 1.66. The molecule has 1 N–H and O–H groups in total. The maximum atomic E-state index is 13.3. The standard InChI is InChI=1S/C19H19FN2O4S2/c1-25-16-6-7-18(17(11-16)26-2)28(23,24)21-9-8-15-12-27-19(22-15)13-4-3-5-14(20)10-13/h3-7,10-12,21H,8-9H2,1-2H3. The van der Waals surface area contributed by atoms with Crippen LogP contribution in [0.3, 0.4) is 0 Å². The molecule has 0 bridgehead atoms. The van der Waals surface area contributed by atoms with Crippen LogP contribution in [0.4, 0.5) is 4.39 Å². The number of hydrogen-bond acceptors (Lipinski definition) is 6. The molecule has 0 aliphatic rings. The van der Waals surface area contributed by atoms with Crippen LogP contribution in [0.1, 0.15) is 5.69 Å². The van der Waals surface area contributed by atoms with Crippen molar-refractivity contribution in [2.75, 3.05) is 20.8 Å². The molecule has 0 aliphatic heterocycles. The van der Waals surface area contributed by atoms with Gasteiger partial charge in [-0.3, -0.25) is 0 Å². The molecule has 0 spiro atoms. The van der Waals surface area contributed by atoms with Gasteiger partial charge in [-0.05, 0) is 24.3 Å². The predicted octanol–water partition coefficient (Wildman–Crippen LogP) is 3.49. The second-order valence-corrected chi connectivity index (χ2v) is 8.41. The summed E-state index contributed by atoms with van der Waals surface area (Å²) in [5.41, 5.74) is 1.42. The Morgan fingerprint density at radius 1 is 1.14 bits per heavy atom. The van der Waals surface area contributed by atoms with Crippen LogP contribution in [0.2, 0.25) is 0 Å². The summed E-state index contributed by atoms with van der Waals surface area (Å²) >= 11 is 1.39. The van der Waals surface area contributed by atoms with Gasteiger partial charge in [0.1, 0.15) is 27.2 Å². The highest BCUT2D eigenvalue weighted by Gasteiger charge is 2.20. The molecule has 148 valence electrons. The van der Waals surface area contributed by atoms with Crippen molar-refractivity contribution in [3.05, 3.63) is 59.4 Å². The molecular formula is C19H19FN2O4S2. The number of halogens is 1. The van der Waals surface area contributed by atoms with Gasteiger partial charge in [0.15, 0.2) is 0 Å². The molecule has 3 rings (SSSR count). The van der Waals surface area contributed by atoms with E-state index in [1.807, 2.05) is 5.38 Å². The Morgan fingerprint density at radius 3 is 2.68 bits per heavy atom. The zero-order valence-electron chi connectivity index (χ0n) is 15.3. The van der Waals surface area contributed by atoms with Gasteiger partial charge in [0.2, 0.25) is 10.0 Å². The van der Waals surface area contributed by atoms with Gasteiger partial charge in [0.25, 0.3) is 0 Å². The fraction of sp³-hybridized carbons (Fsp3) is 0.211. The molecule has 0 saturated carbocycles. The number of nitrogens with one attached hydrogen (secondary N) is 1. The topological polar surface area (TPSA) is 77.5 Å². The van der Waals surface area contributed by atoms with Gasteiger partial charge >= 0.3 is 0 Å². The summed E-state index contributed by atoms with van der Waals surface area (Å²) in [6, 6.07) is 10.7. The fourth-order valence-corrected chi connectivity index (χ4v) is 4.60. The monoisotopic (exact) mass is 422 g/mol. The minimum atomic E-state index is -3.75. The number of aromatic nitrogens is 1. The van der Waals surface area contributed by atoms with Crippen LogP contribution >= 0.6 is 11.3 Å². The third-order valence-electron chi connectivity index (χ3n) is 3.96. The summed E-state index contributed by atoms with van der Waals surface area (Å²) in [6.07, 6.45) is 0.406. The van der Waals surface area contributed by atoms with E-state index in [0.29, 0.717) is 22.7 Å². The van der Waals surface area contributed by atoms with Gasteiger partial charge in [-0.2, -0.15) is 0 Å². The summed E-state index contributed by atoms with van der Waals surface area (Å²) in [4.78, 5) is 4.48. The normalized spacial score (nSPS) is 11.4. The van der Waals surface area contributed by atoms with E-state index in [4.69, 9.17) is 9.47 Å². The van der Waals surface area contributed by atoms with Crippen LogP contribution in [0.5, 0.6) is 11.5 Å². The van der Waals surface area contributed by atoms with Gasteiger partial charge in [-0.1, -0.05) is 12.1 Å². The highest BCUT2D eigenvalue weighted by Crippen LogP contribution is 2.28. The number of sulfonamides is 1. The van der Waals surface area contributed by atoms with Gasteiger partial charge in [0, 0.05) is 30.0 Å². The largest absolute Gasteiger partial charge is 0.497 e. The Labute approximate surface area is 167 Å². The highest BCUT2D eigenvalue weighted by molar-refractivity contribution is 7.89. The number of ether oxygens (including phenoxy) is 2. The van der Waals surface area contributed by atoms with Crippen molar-refractivity contribution < 1.29 is 22.3 Å². The first kappa shape index (κ1) is 20.2. The van der Waals surface area contributed by atoms with E-state index in [2.05, 4.69) is 9.71 Å². The second kappa shape index (κ2) is 8.68. The molecule has 9 heteroatoms. The van der Waals surface area contributed by atoms with Crippen molar-refractivity contribution in [2.45, 2.75) is 11.3 Å². The summed E-state index contributed by atoms with van der Waals surface area (Å²) in [7, 11) is -0.861. The zero-order valence-corrected chi connectivity index (χ0v) is 16.9. The first-order chi connectivity index (χ1) is 13.4. The molecule has 6 nitrogen and oxygen atoms in total. The minimum Gasteiger partial charge on any atom is -0.497 e. The van der Waals surface area contributed by atoms with Crippen LogP contribution in [0, 0.1) is 5.82 Å². The van der Waals surface area contributed by atoms with E-state index >= 15 is 0 Å². The maximum Gasteiger partial charge on any atom is 0.244 e. The minimum absolute atomic E-state index is 0.0366. The van der Waals surface area contributed by atoms with Crippen molar-refractivity contribution in [1.82, 2.24) is 9.71 Å². The predicted molar refractivity (Wildman–Crippen MR) is 106 cm³/mol. The molecule has 3 aromatic rings. The molecule has 1 aromatic heterocycles. The van der Waals surface area contributed by atoms with Gasteiger partial charge in [-0.25, -0.2) is 22.5 Å². The summed E-state index contributed by atoms with van der Waals surface area (Å²) in [5.74, 6) is 0.382. The summed E-state index contributed by atoms with van der Waals surface area (Å²) < 4.78 is 51.3. The van der Waals surface area contributed by atoms with Crippen LogP contribution in [-0.2, 0) is 16.4 Å². The summed E-state index contributed by atoms with van der Waals surface area (Å²) in [6.45, 7) is 0.170. The van der Waals surface area contributed by atoms with Gasteiger partial charge in [0.05, 0.1) is 19.9 Å². The van der Waals surface area contributed by atoms with Crippen molar-refractivity contribution in [1.29, 1.82) is 0 Å². The van der Waals surface area contributed by atoms with E-state index in [0.717, 1.165) is 5.69 Å². The molecule has 0 fully saturated rings. The molecule has 2 aromatic carbocycles.